The Balaban J connectivity index is 1.17. The SMILES string of the molecule is COc1ccc([Si](C)(C)[C@H]2[C@H](CCn3cc(C(CO)c4ccccc4)nn3)O[C@@]3(C(=O)N(Cc4cccc(N5CCCCC5=O)c4)c4ccc([N+](=O)[O-])cc43)[C@@H]2C)cc1. The minimum Gasteiger partial charge on any atom is -0.497 e. The van der Waals surface area contributed by atoms with Crippen molar-refractivity contribution in [2.24, 2.45) is 5.92 Å². The number of fused-ring (bicyclic) bond motifs is 2. The third-order valence-corrected chi connectivity index (χ3v) is 17.2. The summed E-state index contributed by atoms with van der Waals surface area (Å²) >= 11 is 0. The van der Waals surface area contributed by atoms with Crippen molar-refractivity contribution in [1.82, 2.24) is 15.0 Å². The molecule has 2 fully saturated rings. The number of nitro benzene ring substituents is 1. The summed E-state index contributed by atoms with van der Waals surface area (Å²) in [6.07, 6.45) is 4.22. The second-order valence-electron chi connectivity index (χ2n) is 16.5. The van der Waals surface area contributed by atoms with E-state index in [0.29, 0.717) is 42.9 Å². The summed E-state index contributed by atoms with van der Waals surface area (Å²) in [5.74, 6) is -0.139. The Bertz CT molecular complexity index is 2350. The molecule has 14 heteroatoms. The largest absolute Gasteiger partial charge is 0.497 e. The summed E-state index contributed by atoms with van der Waals surface area (Å²) in [5.41, 5.74) is 2.56. The number of methoxy groups -OCH3 is 1. The Kier molecular flexibility index (Phi) is 11.0. The molecule has 2 amide bonds. The number of anilines is 2. The van der Waals surface area contributed by atoms with Crippen molar-refractivity contribution < 1.29 is 29.1 Å². The van der Waals surface area contributed by atoms with Gasteiger partial charge in [0.2, 0.25) is 5.91 Å². The van der Waals surface area contributed by atoms with Gasteiger partial charge in [-0.05, 0) is 66.3 Å². The number of nitrogens with zero attached hydrogens (tertiary/aromatic N) is 6. The van der Waals surface area contributed by atoms with E-state index in [0.717, 1.165) is 35.4 Å². The molecule has 1 spiro atoms. The normalized spacial score (nSPS) is 22.2. The highest BCUT2D eigenvalue weighted by atomic mass is 28.3. The number of hydrogen-bond acceptors (Lipinski definition) is 9. The fourth-order valence-corrected chi connectivity index (χ4v) is 13.9. The molecular formula is C45H50N6O7Si. The number of piperidine rings is 1. The second kappa shape index (κ2) is 16.2. The number of carbonyl (C=O) groups is 2. The van der Waals surface area contributed by atoms with Gasteiger partial charge in [-0.15, -0.1) is 5.10 Å². The predicted molar refractivity (Wildman–Crippen MR) is 227 cm³/mol. The monoisotopic (exact) mass is 814 g/mol. The number of rotatable bonds is 13. The zero-order valence-corrected chi connectivity index (χ0v) is 34.9. The molecule has 5 aromatic rings. The van der Waals surface area contributed by atoms with Crippen molar-refractivity contribution in [3.8, 4) is 5.75 Å². The van der Waals surface area contributed by atoms with Crippen molar-refractivity contribution in [3.05, 3.63) is 136 Å². The number of aliphatic hydroxyl groups excluding tert-OH is 1. The van der Waals surface area contributed by atoms with Crippen LogP contribution in [0.25, 0.3) is 0 Å². The second-order valence-corrected chi connectivity index (χ2v) is 21.2. The lowest BCUT2D eigenvalue weighted by atomic mass is 9.82. The summed E-state index contributed by atoms with van der Waals surface area (Å²) in [6, 6.07) is 30.2. The standard InChI is InChI=1S/C45H50N6O7Si/c1-30-43(59(3,4)36-19-17-35(57-2)18-20-36)41(22-24-48-28-39(46-47-48)37(29-52)32-12-6-5-7-13-32)58-45(30)38-26-34(51(55)56)16-21-40(38)50(44(45)54)27-31-11-10-14-33(25-31)49-23-9-8-15-42(49)53/h5-7,10-14,16-21,25-26,28,30,37,41,43,52H,8-9,15,22-24,27,29H2,1-4H3/t30-,37?,41+,43-,45+/m1/s1. The van der Waals surface area contributed by atoms with Crippen LogP contribution in [-0.4, -0.2) is 71.3 Å². The van der Waals surface area contributed by atoms with Crippen LogP contribution in [0.5, 0.6) is 5.75 Å². The molecule has 1 unspecified atom stereocenters. The summed E-state index contributed by atoms with van der Waals surface area (Å²) in [4.78, 5) is 43.6. The number of carbonyl (C=O) groups excluding carboxylic acids is 2. The third-order valence-electron chi connectivity index (χ3n) is 12.9. The van der Waals surface area contributed by atoms with Gasteiger partial charge in [-0.1, -0.05) is 85.0 Å². The topological polar surface area (TPSA) is 153 Å². The van der Waals surface area contributed by atoms with Gasteiger partial charge in [0.1, 0.15) is 5.75 Å². The van der Waals surface area contributed by atoms with E-state index in [-0.39, 0.29) is 48.0 Å². The average molecular weight is 815 g/mol. The summed E-state index contributed by atoms with van der Waals surface area (Å²) < 4.78 is 14.5. The molecule has 2 saturated heterocycles. The zero-order valence-electron chi connectivity index (χ0n) is 33.9. The number of aliphatic hydroxyl groups is 1. The highest BCUT2D eigenvalue weighted by Crippen LogP contribution is 2.60. The molecule has 1 aromatic heterocycles. The molecule has 59 heavy (non-hydrogen) atoms. The van der Waals surface area contributed by atoms with Gasteiger partial charge < -0.3 is 24.4 Å². The Morgan fingerprint density at radius 2 is 1.80 bits per heavy atom. The van der Waals surface area contributed by atoms with Crippen LogP contribution in [-0.2, 0) is 33.0 Å². The first-order valence-corrected chi connectivity index (χ1v) is 23.4. The molecular weight excluding hydrogens is 765 g/mol. The Morgan fingerprint density at radius 3 is 2.51 bits per heavy atom. The number of aromatic nitrogens is 3. The zero-order chi connectivity index (χ0) is 41.5. The average Bonchev–Trinajstić information content (AvgIpc) is 3.91. The molecule has 13 nitrogen and oxygen atoms in total. The Labute approximate surface area is 344 Å². The number of amides is 2. The van der Waals surface area contributed by atoms with Crippen molar-refractivity contribution in [3.63, 3.8) is 0 Å². The van der Waals surface area contributed by atoms with Gasteiger partial charge in [-0.2, -0.15) is 0 Å². The van der Waals surface area contributed by atoms with Crippen molar-refractivity contribution in [1.29, 1.82) is 0 Å². The smallest absolute Gasteiger partial charge is 0.269 e. The molecule has 5 atom stereocenters. The Hall–Kier alpha value is -5.70. The van der Waals surface area contributed by atoms with Crippen LogP contribution in [0.15, 0.2) is 103 Å². The van der Waals surface area contributed by atoms with E-state index in [1.165, 1.54) is 17.3 Å². The van der Waals surface area contributed by atoms with Crippen molar-refractivity contribution >= 4 is 42.1 Å². The summed E-state index contributed by atoms with van der Waals surface area (Å²) in [5, 5.41) is 32.7. The van der Waals surface area contributed by atoms with Gasteiger partial charge in [0.15, 0.2) is 5.60 Å². The number of nitro groups is 1. The molecule has 0 radical (unpaired) electrons. The molecule has 8 rings (SSSR count). The van der Waals surface area contributed by atoms with Crippen LogP contribution in [0, 0.1) is 16.0 Å². The quantitative estimate of drug-likeness (QED) is 0.0779. The number of aryl methyl sites for hydroxylation is 1. The van der Waals surface area contributed by atoms with Crippen molar-refractivity contribution in [2.45, 2.75) is 82.0 Å². The molecule has 3 aliphatic rings. The maximum absolute atomic E-state index is 15.4. The van der Waals surface area contributed by atoms with E-state index in [4.69, 9.17) is 9.47 Å². The summed E-state index contributed by atoms with van der Waals surface area (Å²) in [7, 11) is -0.880. The molecule has 306 valence electrons. The predicted octanol–water partition coefficient (Wildman–Crippen LogP) is 6.69. The molecule has 1 N–H and O–H groups in total. The number of ether oxygens (including phenoxy) is 2. The lowest BCUT2D eigenvalue weighted by molar-refractivity contribution is -0.385. The van der Waals surface area contributed by atoms with Crippen LogP contribution in [0.3, 0.4) is 0 Å². The maximum atomic E-state index is 15.4. The Morgan fingerprint density at radius 1 is 1.02 bits per heavy atom. The van der Waals surface area contributed by atoms with E-state index < -0.39 is 24.7 Å². The van der Waals surface area contributed by atoms with Gasteiger partial charge in [0.05, 0.1) is 56.7 Å². The van der Waals surface area contributed by atoms with E-state index in [1.54, 1.807) is 22.8 Å². The van der Waals surface area contributed by atoms with E-state index >= 15 is 4.79 Å². The van der Waals surface area contributed by atoms with Gasteiger partial charge in [0, 0.05) is 55.0 Å². The molecule has 4 aromatic carbocycles. The highest BCUT2D eigenvalue weighted by Gasteiger charge is 2.66. The maximum Gasteiger partial charge on any atom is 0.269 e. The van der Waals surface area contributed by atoms with Crippen LogP contribution < -0.4 is 19.7 Å². The first-order chi connectivity index (χ1) is 28.5. The molecule has 4 heterocycles. The summed E-state index contributed by atoms with van der Waals surface area (Å²) in [6.45, 7) is 7.80. The van der Waals surface area contributed by atoms with Gasteiger partial charge in [-0.3, -0.25) is 24.4 Å². The van der Waals surface area contributed by atoms with E-state index in [9.17, 15) is 20.0 Å². The first kappa shape index (κ1) is 40.1. The van der Waals surface area contributed by atoms with Crippen LogP contribution >= 0.6 is 0 Å². The van der Waals surface area contributed by atoms with Crippen molar-refractivity contribution in [2.75, 3.05) is 30.1 Å². The minimum atomic E-state index is -2.52. The van der Waals surface area contributed by atoms with E-state index in [1.807, 2.05) is 77.8 Å². The number of benzene rings is 4. The molecule has 3 aliphatic heterocycles. The molecule has 0 aliphatic carbocycles. The number of hydrogen-bond donors (Lipinski definition) is 1. The molecule has 0 bridgehead atoms. The fraction of sp³-hybridized carbons (Fsp3) is 0.378. The van der Waals surface area contributed by atoms with Gasteiger partial charge in [-0.25, -0.2) is 0 Å². The molecule has 0 saturated carbocycles. The number of non-ortho nitro benzene ring substituents is 1. The van der Waals surface area contributed by atoms with Crippen LogP contribution in [0.4, 0.5) is 17.1 Å². The van der Waals surface area contributed by atoms with Gasteiger partial charge >= 0.3 is 0 Å². The lowest BCUT2D eigenvalue weighted by Crippen LogP contribution is -2.51. The minimum absolute atomic E-state index is 0.0858. The first-order valence-electron chi connectivity index (χ1n) is 20.3. The third kappa shape index (κ3) is 7.23. The fourth-order valence-electron chi connectivity index (χ4n) is 9.82. The van der Waals surface area contributed by atoms with Gasteiger partial charge in [0.25, 0.3) is 11.6 Å². The lowest BCUT2D eigenvalue weighted by Gasteiger charge is -2.37. The van der Waals surface area contributed by atoms with Crippen LogP contribution in [0.2, 0.25) is 18.6 Å². The van der Waals surface area contributed by atoms with E-state index in [2.05, 4.69) is 42.5 Å². The highest BCUT2D eigenvalue weighted by molar-refractivity contribution is 6.91. The van der Waals surface area contributed by atoms with Crippen LogP contribution in [0.1, 0.15) is 60.9 Å².